The van der Waals surface area contributed by atoms with Crippen molar-refractivity contribution in [3.05, 3.63) is 0 Å². The summed E-state index contributed by atoms with van der Waals surface area (Å²) in [5, 5.41) is 12.1. The van der Waals surface area contributed by atoms with Gasteiger partial charge in [-0.3, -0.25) is 0 Å². The molecule has 0 atom stereocenters. The molecule has 4 nitrogen and oxygen atoms in total. The Morgan fingerprint density at radius 1 is 1.00 bits per heavy atom. The molecule has 2 N–H and O–H groups in total. The second-order valence-electron chi connectivity index (χ2n) is 5.44. The van der Waals surface area contributed by atoms with Crippen molar-refractivity contribution in [2.45, 2.75) is 48.0 Å². The van der Waals surface area contributed by atoms with Crippen LogP contribution >= 0.6 is 0 Å². The smallest absolute Gasteiger partial charge is 0.0558 e. The lowest BCUT2D eigenvalue weighted by molar-refractivity contribution is 0.0648. The second-order valence-corrected chi connectivity index (χ2v) is 5.44. The van der Waals surface area contributed by atoms with Gasteiger partial charge in [0.15, 0.2) is 0 Å². The first-order valence-electron chi connectivity index (χ1n) is 8.56. The molecule has 2 fully saturated rings. The van der Waals surface area contributed by atoms with E-state index in [1.165, 1.54) is 45.6 Å². The predicted octanol–water partition coefficient (Wildman–Crippen LogP) is 2.28. The van der Waals surface area contributed by atoms with Crippen molar-refractivity contribution in [2.75, 3.05) is 59.0 Å². The van der Waals surface area contributed by atoms with E-state index in [-0.39, 0.29) is 7.43 Å². The van der Waals surface area contributed by atoms with Gasteiger partial charge in [-0.05, 0) is 18.9 Å². The average molecular weight is 304 g/mol. The zero-order valence-electron chi connectivity index (χ0n) is 14.2. The first-order chi connectivity index (χ1) is 9.80. The van der Waals surface area contributed by atoms with E-state index in [2.05, 4.69) is 29.0 Å². The standard InChI is InChI=1S/C11H23N3O.C3H8.C2H6.CH4/c15-8-7-14-9-11(10-14)1-4-13-5-2-12-3-6-13;1-3-2;1-2;/h11-12,15H,1-10H2;3H2,1-2H3;1-2H3;1H4. The molecule has 0 spiro atoms. The van der Waals surface area contributed by atoms with Crippen molar-refractivity contribution in [1.82, 2.24) is 15.1 Å². The summed E-state index contributed by atoms with van der Waals surface area (Å²) in [4.78, 5) is 4.90. The zero-order chi connectivity index (χ0) is 15.2. The van der Waals surface area contributed by atoms with Crippen LogP contribution in [0.4, 0.5) is 0 Å². The number of hydrogen-bond donors (Lipinski definition) is 2. The number of hydrogen-bond acceptors (Lipinski definition) is 4. The topological polar surface area (TPSA) is 38.7 Å². The Bertz CT molecular complexity index is 190. The average Bonchev–Trinajstić information content (AvgIpc) is 2.45. The quantitative estimate of drug-likeness (QED) is 0.817. The molecule has 2 aliphatic rings. The highest BCUT2D eigenvalue weighted by Crippen LogP contribution is 2.18. The maximum absolute atomic E-state index is 8.76. The Balaban J connectivity index is 0. The Morgan fingerprint density at radius 2 is 1.52 bits per heavy atom. The van der Waals surface area contributed by atoms with E-state index in [4.69, 9.17) is 5.11 Å². The van der Waals surface area contributed by atoms with Crippen molar-refractivity contribution < 1.29 is 5.11 Å². The number of nitrogens with zero attached hydrogens (tertiary/aromatic N) is 2. The Morgan fingerprint density at radius 3 is 2.00 bits per heavy atom. The Hall–Kier alpha value is -0.160. The summed E-state index contributed by atoms with van der Waals surface area (Å²) in [6.45, 7) is 17.8. The molecule has 0 aromatic rings. The third kappa shape index (κ3) is 11.1. The minimum atomic E-state index is 0. The number of piperazine rings is 1. The molecule has 2 saturated heterocycles. The van der Waals surface area contributed by atoms with E-state index in [1.54, 1.807) is 0 Å². The van der Waals surface area contributed by atoms with Gasteiger partial charge in [0.05, 0.1) is 6.61 Å². The fourth-order valence-electron chi connectivity index (χ4n) is 2.48. The first-order valence-corrected chi connectivity index (χ1v) is 8.56. The van der Waals surface area contributed by atoms with Gasteiger partial charge in [0, 0.05) is 45.8 Å². The molecule has 0 radical (unpaired) electrons. The van der Waals surface area contributed by atoms with Crippen LogP contribution in [0.25, 0.3) is 0 Å². The van der Waals surface area contributed by atoms with Crippen molar-refractivity contribution in [3.63, 3.8) is 0 Å². The van der Waals surface area contributed by atoms with Crippen LogP contribution in [0, 0.1) is 5.92 Å². The van der Waals surface area contributed by atoms with E-state index in [9.17, 15) is 0 Å². The van der Waals surface area contributed by atoms with Crippen molar-refractivity contribution in [1.29, 1.82) is 0 Å². The fraction of sp³-hybridized carbons (Fsp3) is 1.00. The van der Waals surface area contributed by atoms with Gasteiger partial charge in [-0.2, -0.15) is 0 Å². The molecule has 0 bridgehead atoms. The van der Waals surface area contributed by atoms with E-state index in [0.29, 0.717) is 6.61 Å². The van der Waals surface area contributed by atoms with Gasteiger partial charge in [-0.25, -0.2) is 0 Å². The van der Waals surface area contributed by atoms with Gasteiger partial charge in [-0.1, -0.05) is 41.5 Å². The molecule has 0 aliphatic carbocycles. The van der Waals surface area contributed by atoms with Gasteiger partial charge in [-0.15, -0.1) is 0 Å². The van der Waals surface area contributed by atoms with Gasteiger partial charge in [0.1, 0.15) is 0 Å². The van der Waals surface area contributed by atoms with Crippen LogP contribution in [0.1, 0.15) is 48.0 Å². The van der Waals surface area contributed by atoms with E-state index in [1.807, 2.05) is 13.8 Å². The van der Waals surface area contributed by atoms with Gasteiger partial charge in [0.2, 0.25) is 0 Å². The molecule has 2 aliphatic heterocycles. The third-order valence-corrected chi connectivity index (χ3v) is 3.51. The molecular weight excluding hydrogens is 262 g/mol. The molecule has 0 saturated carbocycles. The van der Waals surface area contributed by atoms with Crippen molar-refractivity contribution in [2.24, 2.45) is 5.92 Å². The van der Waals surface area contributed by atoms with Crippen LogP contribution in [0.5, 0.6) is 0 Å². The van der Waals surface area contributed by atoms with E-state index in [0.717, 1.165) is 25.6 Å². The van der Waals surface area contributed by atoms with Crippen molar-refractivity contribution >= 4 is 0 Å². The van der Waals surface area contributed by atoms with Gasteiger partial charge >= 0.3 is 0 Å². The molecule has 130 valence electrons. The van der Waals surface area contributed by atoms with E-state index < -0.39 is 0 Å². The van der Waals surface area contributed by atoms with Crippen LogP contribution in [0.15, 0.2) is 0 Å². The molecule has 0 amide bonds. The number of nitrogens with one attached hydrogen (secondary N) is 1. The SMILES string of the molecule is C.CC.CCC.OCCN1CC(CCN2CCNCC2)C1. The lowest BCUT2D eigenvalue weighted by Crippen LogP contribution is -2.50. The van der Waals surface area contributed by atoms with Crippen LogP contribution in [-0.2, 0) is 0 Å². The third-order valence-electron chi connectivity index (χ3n) is 3.51. The number of β-amino-alcohol motifs (C(OH)–C–C–N with tert-alkyl or cyclic N) is 1. The second kappa shape index (κ2) is 16.2. The summed E-state index contributed by atoms with van der Waals surface area (Å²) in [7, 11) is 0. The molecule has 0 aromatic carbocycles. The lowest BCUT2D eigenvalue weighted by Gasteiger charge is -2.40. The largest absolute Gasteiger partial charge is 0.395 e. The number of rotatable bonds is 5. The Kier molecular flexibility index (Phi) is 17.8. The van der Waals surface area contributed by atoms with Crippen LogP contribution in [0.2, 0.25) is 0 Å². The van der Waals surface area contributed by atoms with Crippen LogP contribution < -0.4 is 5.32 Å². The summed E-state index contributed by atoms with van der Waals surface area (Å²) >= 11 is 0. The highest BCUT2D eigenvalue weighted by atomic mass is 16.3. The van der Waals surface area contributed by atoms with E-state index >= 15 is 0 Å². The summed E-state index contributed by atoms with van der Waals surface area (Å²) in [5.41, 5.74) is 0. The number of aliphatic hydroxyl groups excluding tert-OH is 1. The highest BCUT2D eigenvalue weighted by Gasteiger charge is 2.26. The summed E-state index contributed by atoms with van der Waals surface area (Å²) < 4.78 is 0. The fourth-order valence-corrected chi connectivity index (χ4v) is 2.48. The molecule has 0 unspecified atom stereocenters. The molecule has 0 aromatic heterocycles. The summed E-state index contributed by atoms with van der Waals surface area (Å²) in [6, 6.07) is 0. The molecular formula is C17H41N3O. The first kappa shape index (κ1) is 23.1. The lowest BCUT2D eigenvalue weighted by atomic mass is 9.96. The Labute approximate surface area is 133 Å². The monoisotopic (exact) mass is 303 g/mol. The van der Waals surface area contributed by atoms with Crippen molar-refractivity contribution in [3.8, 4) is 0 Å². The molecule has 2 heterocycles. The van der Waals surface area contributed by atoms with Gasteiger partial charge < -0.3 is 20.2 Å². The maximum atomic E-state index is 8.76. The van der Waals surface area contributed by atoms with Gasteiger partial charge in [0.25, 0.3) is 0 Å². The summed E-state index contributed by atoms with van der Waals surface area (Å²) in [6.07, 6.45) is 2.59. The highest BCUT2D eigenvalue weighted by molar-refractivity contribution is 4.80. The van der Waals surface area contributed by atoms with Crippen LogP contribution in [0.3, 0.4) is 0 Å². The maximum Gasteiger partial charge on any atom is 0.0558 e. The predicted molar refractivity (Wildman–Crippen MR) is 95.0 cm³/mol. The van der Waals surface area contributed by atoms with Crippen LogP contribution in [-0.4, -0.2) is 73.9 Å². The normalized spacial score (nSPS) is 19.3. The number of aliphatic hydroxyl groups is 1. The molecule has 21 heavy (non-hydrogen) atoms. The minimum Gasteiger partial charge on any atom is -0.395 e. The number of likely N-dealkylation sites (tertiary alicyclic amines) is 1. The zero-order valence-corrected chi connectivity index (χ0v) is 14.2. The summed E-state index contributed by atoms with van der Waals surface area (Å²) in [5.74, 6) is 0.881. The minimum absolute atomic E-state index is 0. The molecule has 4 heteroatoms. The molecule has 2 rings (SSSR count).